The highest BCUT2D eigenvalue weighted by atomic mass is 16.2. The van der Waals surface area contributed by atoms with Crippen LogP contribution in [0.3, 0.4) is 0 Å². The summed E-state index contributed by atoms with van der Waals surface area (Å²) in [5.41, 5.74) is -0.235. The van der Waals surface area contributed by atoms with Crippen molar-refractivity contribution >= 4 is 5.91 Å². The lowest BCUT2D eigenvalue weighted by molar-refractivity contribution is -0.140. The fourth-order valence-corrected chi connectivity index (χ4v) is 2.44. The third-order valence-corrected chi connectivity index (χ3v) is 3.64. The van der Waals surface area contributed by atoms with Gasteiger partial charge in [0, 0.05) is 24.5 Å². The molecule has 0 radical (unpaired) electrons. The summed E-state index contributed by atoms with van der Waals surface area (Å²) in [7, 11) is 0. The van der Waals surface area contributed by atoms with Gasteiger partial charge in [-0.15, -0.1) is 0 Å². The second-order valence-electron chi connectivity index (χ2n) is 6.48. The first-order chi connectivity index (χ1) is 8.45. The summed E-state index contributed by atoms with van der Waals surface area (Å²) in [4.78, 5) is 14.2. The van der Waals surface area contributed by atoms with Crippen LogP contribution in [0.25, 0.3) is 0 Å². The van der Waals surface area contributed by atoms with Gasteiger partial charge in [0.25, 0.3) is 0 Å². The van der Waals surface area contributed by atoms with Gasteiger partial charge in [0.15, 0.2) is 0 Å². The number of nitrogens with zero attached hydrogens (tertiary/aromatic N) is 1. The van der Waals surface area contributed by atoms with Crippen LogP contribution in [0.1, 0.15) is 59.8 Å². The highest BCUT2D eigenvalue weighted by molar-refractivity contribution is 5.81. The zero-order chi connectivity index (χ0) is 13.6. The molecule has 1 rings (SSSR count). The molecular formula is C15H30N2O. The largest absolute Gasteiger partial charge is 0.342 e. The van der Waals surface area contributed by atoms with Gasteiger partial charge in [-0.2, -0.15) is 0 Å². The molecule has 106 valence electrons. The lowest BCUT2D eigenvalue weighted by atomic mass is 9.93. The maximum atomic E-state index is 12.1. The Morgan fingerprint density at radius 1 is 1.22 bits per heavy atom. The van der Waals surface area contributed by atoms with Crippen molar-refractivity contribution in [3.8, 4) is 0 Å². The Labute approximate surface area is 112 Å². The average Bonchev–Trinajstić information content (AvgIpc) is 2.33. The molecule has 1 fully saturated rings. The van der Waals surface area contributed by atoms with Crippen LogP contribution in [-0.2, 0) is 4.79 Å². The van der Waals surface area contributed by atoms with E-state index in [1.807, 2.05) is 25.7 Å². The number of nitrogens with one attached hydrogen (secondary N) is 1. The number of carbonyl (C=O) groups excluding carboxylic acids is 1. The SMILES string of the molecule is CCCCCNC1CCN(C(=O)C(C)(C)C)CC1. The average molecular weight is 254 g/mol. The second kappa shape index (κ2) is 7.13. The molecule has 0 spiro atoms. The minimum atomic E-state index is -0.235. The molecule has 3 nitrogen and oxygen atoms in total. The van der Waals surface area contributed by atoms with Crippen molar-refractivity contribution in [2.45, 2.75) is 65.8 Å². The molecule has 1 N–H and O–H groups in total. The Morgan fingerprint density at radius 2 is 1.83 bits per heavy atom. The Bertz CT molecular complexity index is 250. The van der Waals surface area contributed by atoms with Gasteiger partial charge in [0.2, 0.25) is 5.91 Å². The molecule has 1 heterocycles. The van der Waals surface area contributed by atoms with E-state index in [1.54, 1.807) is 0 Å². The predicted octanol–water partition coefficient (Wildman–Crippen LogP) is 2.80. The molecule has 1 saturated heterocycles. The van der Waals surface area contributed by atoms with E-state index in [1.165, 1.54) is 19.3 Å². The Hall–Kier alpha value is -0.570. The second-order valence-corrected chi connectivity index (χ2v) is 6.48. The normalized spacial score (nSPS) is 18.1. The number of piperidine rings is 1. The molecule has 0 unspecified atom stereocenters. The highest BCUT2D eigenvalue weighted by Gasteiger charge is 2.29. The lowest BCUT2D eigenvalue weighted by Gasteiger charge is -2.36. The number of carbonyl (C=O) groups is 1. The molecule has 0 aliphatic carbocycles. The summed E-state index contributed by atoms with van der Waals surface area (Å²) in [6.07, 6.45) is 6.08. The van der Waals surface area contributed by atoms with E-state index in [-0.39, 0.29) is 5.41 Å². The van der Waals surface area contributed by atoms with Gasteiger partial charge in [-0.05, 0) is 25.8 Å². The smallest absolute Gasteiger partial charge is 0.227 e. The zero-order valence-electron chi connectivity index (χ0n) is 12.6. The molecule has 1 amide bonds. The van der Waals surface area contributed by atoms with Crippen molar-refractivity contribution in [2.75, 3.05) is 19.6 Å². The quantitative estimate of drug-likeness (QED) is 0.765. The first-order valence-corrected chi connectivity index (χ1v) is 7.48. The minimum Gasteiger partial charge on any atom is -0.342 e. The fraction of sp³-hybridized carbons (Fsp3) is 0.933. The van der Waals surface area contributed by atoms with Gasteiger partial charge in [0.05, 0.1) is 0 Å². The van der Waals surface area contributed by atoms with Crippen molar-refractivity contribution < 1.29 is 4.79 Å². The van der Waals surface area contributed by atoms with E-state index in [9.17, 15) is 4.79 Å². The molecule has 0 aromatic heterocycles. The molecular weight excluding hydrogens is 224 g/mol. The van der Waals surface area contributed by atoms with E-state index in [0.29, 0.717) is 11.9 Å². The summed E-state index contributed by atoms with van der Waals surface area (Å²) in [6, 6.07) is 0.617. The van der Waals surface area contributed by atoms with E-state index in [0.717, 1.165) is 32.5 Å². The summed E-state index contributed by atoms with van der Waals surface area (Å²) in [6.45, 7) is 11.2. The number of rotatable bonds is 5. The van der Waals surface area contributed by atoms with Crippen LogP contribution in [0.2, 0.25) is 0 Å². The Morgan fingerprint density at radius 3 is 2.33 bits per heavy atom. The van der Waals surface area contributed by atoms with E-state index in [4.69, 9.17) is 0 Å². The van der Waals surface area contributed by atoms with Gasteiger partial charge in [-0.25, -0.2) is 0 Å². The van der Waals surface area contributed by atoms with Crippen molar-refractivity contribution in [2.24, 2.45) is 5.41 Å². The van der Waals surface area contributed by atoms with Crippen molar-refractivity contribution in [3.05, 3.63) is 0 Å². The van der Waals surface area contributed by atoms with Crippen LogP contribution in [0.15, 0.2) is 0 Å². The number of unbranched alkanes of at least 4 members (excludes halogenated alkanes) is 2. The fourth-order valence-electron chi connectivity index (χ4n) is 2.44. The van der Waals surface area contributed by atoms with Gasteiger partial charge < -0.3 is 10.2 Å². The van der Waals surface area contributed by atoms with Crippen LogP contribution in [0.4, 0.5) is 0 Å². The summed E-state index contributed by atoms with van der Waals surface area (Å²) in [5, 5.41) is 3.62. The summed E-state index contributed by atoms with van der Waals surface area (Å²) in [5.74, 6) is 0.298. The minimum absolute atomic E-state index is 0.235. The number of hydrogen-bond acceptors (Lipinski definition) is 2. The first kappa shape index (κ1) is 15.5. The van der Waals surface area contributed by atoms with Crippen molar-refractivity contribution in [1.29, 1.82) is 0 Å². The topological polar surface area (TPSA) is 32.3 Å². The molecule has 0 aromatic rings. The van der Waals surface area contributed by atoms with Crippen molar-refractivity contribution in [1.82, 2.24) is 10.2 Å². The first-order valence-electron chi connectivity index (χ1n) is 7.48. The van der Waals surface area contributed by atoms with Crippen LogP contribution in [0.5, 0.6) is 0 Å². The molecule has 18 heavy (non-hydrogen) atoms. The van der Waals surface area contributed by atoms with E-state index in [2.05, 4.69) is 12.2 Å². The molecule has 1 aliphatic rings. The third-order valence-electron chi connectivity index (χ3n) is 3.64. The van der Waals surface area contributed by atoms with Crippen LogP contribution < -0.4 is 5.32 Å². The molecule has 0 aromatic carbocycles. The van der Waals surface area contributed by atoms with Gasteiger partial charge >= 0.3 is 0 Å². The number of amides is 1. The predicted molar refractivity (Wildman–Crippen MR) is 76.6 cm³/mol. The van der Waals surface area contributed by atoms with Crippen LogP contribution >= 0.6 is 0 Å². The van der Waals surface area contributed by atoms with E-state index >= 15 is 0 Å². The standard InChI is InChI=1S/C15H30N2O/c1-5-6-7-10-16-13-8-11-17(12-9-13)14(18)15(2,3)4/h13,16H,5-12H2,1-4H3. The molecule has 0 saturated carbocycles. The molecule has 0 bridgehead atoms. The maximum absolute atomic E-state index is 12.1. The zero-order valence-corrected chi connectivity index (χ0v) is 12.6. The number of likely N-dealkylation sites (tertiary alicyclic amines) is 1. The Balaban J connectivity index is 2.22. The lowest BCUT2D eigenvalue weighted by Crippen LogP contribution is -2.48. The van der Waals surface area contributed by atoms with Crippen molar-refractivity contribution in [3.63, 3.8) is 0 Å². The van der Waals surface area contributed by atoms with Gasteiger partial charge in [-0.3, -0.25) is 4.79 Å². The molecule has 0 atom stereocenters. The van der Waals surface area contributed by atoms with Gasteiger partial charge in [-0.1, -0.05) is 40.5 Å². The monoisotopic (exact) mass is 254 g/mol. The van der Waals surface area contributed by atoms with Crippen LogP contribution in [-0.4, -0.2) is 36.5 Å². The summed E-state index contributed by atoms with van der Waals surface area (Å²) >= 11 is 0. The molecule has 1 aliphatic heterocycles. The Kier molecular flexibility index (Phi) is 6.13. The maximum Gasteiger partial charge on any atom is 0.227 e. The van der Waals surface area contributed by atoms with Gasteiger partial charge in [0.1, 0.15) is 0 Å². The van der Waals surface area contributed by atoms with Crippen LogP contribution in [0, 0.1) is 5.41 Å². The van der Waals surface area contributed by atoms with E-state index < -0.39 is 0 Å². The summed E-state index contributed by atoms with van der Waals surface area (Å²) < 4.78 is 0. The third kappa shape index (κ3) is 4.97. The number of hydrogen-bond donors (Lipinski definition) is 1. The highest BCUT2D eigenvalue weighted by Crippen LogP contribution is 2.20. The molecule has 3 heteroatoms.